The van der Waals surface area contributed by atoms with Gasteiger partial charge in [-0.05, 0) is 149 Å². The smallest absolute Gasteiger partial charge is 0.872 e. The molecule has 5 aliphatic rings. The first-order chi connectivity index (χ1) is 52.2. The van der Waals surface area contributed by atoms with Gasteiger partial charge >= 0.3 is 98.8 Å². The van der Waals surface area contributed by atoms with Gasteiger partial charge < -0.3 is 44.8 Å². The van der Waals surface area contributed by atoms with Gasteiger partial charge in [-0.15, -0.1) is 0 Å². The largest absolute Gasteiger partial charge is 3.00 e. The average molecular weight is 1740 g/mol. The van der Waals surface area contributed by atoms with E-state index in [1.54, 1.807) is 14.2 Å². The summed E-state index contributed by atoms with van der Waals surface area (Å²) in [5.41, 5.74) is 5.02. The Hall–Kier alpha value is -5.47. The van der Waals surface area contributed by atoms with E-state index in [4.69, 9.17) is 4.74 Å². The van der Waals surface area contributed by atoms with Gasteiger partial charge in [0.25, 0.3) is 0 Å². The summed E-state index contributed by atoms with van der Waals surface area (Å²) in [5.74, 6) is 0.0347. The molecule has 0 aliphatic carbocycles. The van der Waals surface area contributed by atoms with Gasteiger partial charge in [0.1, 0.15) is 0 Å². The molecule has 0 bridgehead atoms. The second kappa shape index (κ2) is 41.5. The van der Waals surface area contributed by atoms with E-state index in [0.29, 0.717) is 39.4 Å². The zero-order valence-corrected chi connectivity index (χ0v) is 68.3. The van der Waals surface area contributed by atoms with E-state index in [0.717, 1.165) is 169 Å². The standard InChI is InChI=1S/2C43H44N2O3.C4H10O2.C4H8O.2Eu/c2*1-32-28-33(30-44-26-14-24-39(44)42(47,35-16-6-2-7-17-35)36-18-8-3-9-19-36)41(46)34(29-32)31-45-27-15-25-40(45)43(48,37-20-10-4-11-21-37)38-22-12-5-13-23-38;1-5-3-4-6-2;1-2-4-5-3-1;;/h2*2-13,16-23,28-29,39-40,46H,14-15,24-27,30-31H2,1H3;3-4H2,1-2H3;1-4H2;;/q2*-2;;;2*+3/p-2/t2*39-,40-;;;;/m00..../s1. The van der Waals surface area contributed by atoms with E-state index < -0.39 is 22.4 Å². The molecule has 0 amide bonds. The molecular weight excluding hydrogens is 1630 g/mol. The van der Waals surface area contributed by atoms with Crippen LogP contribution in [0.3, 0.4) is 0 Å². The van der Waals surface area contributed by atoms with Crippen molar-refractivity contribution in [2.45, 2.75) is 151 Å². The predicted molar refractivity (Wildman–Crippen MR) is 413 cm³/mol. The number of methoxy groups -OCH3 is 2. The van der Waals surface area contributed by atoms with Crippen LogP contribution < -0.4 is 30.6 Å². The van der Waals surface area contributed by atoms with Crippen LogP contribution in [0.1, 0.15) is 142 Å². The molecule has 109 heavy (non-hydrogen) atoms. The Labute approximate surface area is 729 Å². The number of likely N-dealkylation sites (tertiary alicyclic amines) is 4. The molecule has 5 fully saturated rings. The third kappa shape index (κ3) is 20.2. The topological polar surface area (TPSA) is 179 Å². The minimum Gasteiger partial charge on any atom is -0.872 e. The Bertz CT molecular complexity index is 3630. The molecule has 15 rings (SSSR count). The molecule has 0 saturated carbocycles. The van der Waals surface area contributed by atoms with Crippen molar-refractivity contribution in [2.24, 2.45) is 0 Å². The fourth-order valence-electron chi connectivity index (χ4n) is 17.5. The third-order valence-electron chi connectivity index (χ3n) is 22.5. The van der Waals surface area contributed by atoms with Gasteiger partial charge in [-0.25, -0.2) is 0 Å². The van der Waals surface area contributed by atoms with E-state index in [1.165, 1.54) is 12.8 Å². The second-order valence-electron chi connectivity index (χ2n) is 29.5. The van der Waals surface area contributed by atoms with Crippen LogP contribution in [-0.4, -0.2) is 111 Å². The number of nitrogens with zero attached hydrogens (tertiary/aromatic N) is 4. The first-order valence-electron chi connectivity index (χ1n) is 38.6. The van der Waals surface area contributed by atoms with Gasteiger partial charge in [-0.1, -0.05) is 334 Å². The molecule has 0 radical (unpaired) electrons. The Morgan fingerprint density at radius 2 is 0.495 bits per heavy atom. The summed E-state index contributed by atoms with van der Waals surface area (Å²) in [6.07, 6.45) is 9.23. The number of hydrogen-bond acceptors (Lipinski definition) is 13. The number of rotatable bonds is 23. The molecule has 0 unspecified atom stereocenters. The molecule has 10 aromatic carbocycles. The average Bonchev–Trinajstić information content (AvgIpc) is 1.76. The van der Waals surface area contributed by atoms with Gasteiger partial charge in [0.05, 0.1) is 13.2 Å². The van der Waals surface area contributed by atoms with Crippen LogP contribution in [0.4, 0.5) is 0 Å². The molecule has 4 atom stereocenters. The van der Waals surface area contributed by atoms with Crippen molar-refractivity contribution in [3.8, 4) is 11.5 Å². The van der Waals surface area contributed by atoms with Crippen LogP contribution in [0, 0.1) is 113 Å². The SMILES string of the molecule is C1CCOC1.COCCOC.Cc1cc(CN2CCC[C@H]2C([O-])(c2ccccc2)c2ccccc2)c([O-])c(CN2CCC[C@H]2C([O-])(c2ccccc2)c2ccccc2)c1.Cc1cc(CN2CCC[C@H]2C([O-])(c2ccccc2)c2ccccc2)c([O-])c(CN2CCC[C@H]2C([O-])(c2ccccc2)c2ccccc2)c1.[Eu+3].[Eu+3]. The molecule has 10 aromatic rings. The van der Waals surface area contributed by atoms with Gasteiger partial charge in [-0.2, -0.15) is 0 Å². The number of benzene rings is 10. The summed E-state index contributed by atoms with van der Waals surface area (Å²) >= 11 is 0. The van der Waals surface area contributed by atoms with Crippen LogP contribution in [0.15, 0.2) is 267 Å². The van der Waals surface area contributed by atoms with Gasteiger partial charge in [-0.3, -0.25) is 19.6 Å². The monoisotopic (exact) mass is 1740 g/mol. The zero-order valence-electron chi connectivity index (χ0n) is 63.5. The van der Waals surface area contributed by atoms with Crippen LogP contribution >= 0.6 is 0 Å². The van der Waals surface area contributed by atoms with E-state index in [1.807, 2.05) is 281 Å². The Balaban J connectivity index is 0.000000200. The second-order valence-corrected chi connectivity index (χ2v) is 29.5. The van der Waals surface area contributed by atoms with E-state index >= 15 is 20.4 Å². The molecule has 5 aliphatic heterocycles. The Morgan fingerprint density at radius 3 is 0.651 bits per heavy atom. The van der Waals surface area contributed by atoms with E-state index in [9.17, 15) is 10.2 Å². The fraction of sp³-hybridized carbons (Fsp3) is 0.362. The quantitative estimate of drug-likeness (QED) is 0.0553. The zero-order chi connectivity index (χ0) is 74.6. The third-order valence-corrected chi connectivity index (χ3v) is 22.5. The molecule has 5 saturated heterocycles. The molecule has 5 heterocycles. The molecule has 13 nitrogen and oxygen atoms in total. The van der Waals surface area contributed by atoms with E-state index in [2.05, 4.69) is 29.1 Å². The number of hydrogen-bond donors (Lipinski definition) is 0. The maximum atomic E-state index is 15.2. The summed E-state index contributed by atoms with van der Waals surface area (Å²) in [4.78, 5) is 8.94. The summed E-state index contributed by atoms with van der Waals surface area (Å²) in [5, 5.41) is 89.2. The summed E-state index contributed by atoms with van der Waals surface area (Å²) in [7, 11) is 3.30. The minimum atomic E-state index is -1.47. The van der Waals surface area contributed by atoms with Gasteiger partial charge in [0, 0.05) is 77.8 Å². The number of aryl methyl sites for hydroxylation is 2. The maximum Gasteiger partial charge on any atom is 3.00 e. The van der Waals surface area contributed by atoms with Gasteiger partial charge in [0.2, 0.25) is 0 Å². The van der Waals surface area contributed by atoms with Crippen molar-refractivity contribution in [1.82, 2.24) is 19.6 Å². The minimum absolute atomic E-state index is 0. The summed E-state index contributed by atoms with van der Waals surface area (Å²) in [6.45, 7) is 12.2. The van der Waals surface area contributed by atoms with Crippen molar-refractivity contribution in [1.29, 1.82) is 0 Å². The van der Waals surface area contributed by atoms with Crippen LogP contribution in [0.2, 0.25) is 0 Å². The molecule has 0 aromatic heterocycles. The van der Waals surface area contributed by atoms with Crippen molar-refractivity contribution >= 4 is 0 Å². The van der Waals surface area contributed by atoms with Crippen LogP contribution in [-0.2, 0) is 62.8 Å². The van der Waals surface area contributed by atoms with Crippen molar-refractivity contribution < 1.29 is 144 Å². The molecule has 568 valence electrons. The van der Waals surface area contributed by atoms with Crippen molar-refractivity contribution in [3.63, 3.8) is 0 Å². The molecular formula is C94H104Eu2N4O9. The molecule has 0 N–H and O–H groups in total. The first-order valence-corrected chi connectivity index (χ1v) is 38.6. The van der Waals surface area contributed by atoms with Crippen molar-refractivity contribution in [2.75, 3.05) is 66.8 Å². The molecule has 0 spiro atoms. The predicted octanol–water partition coefficient (Wildman–Crippen LogP) is 12.3. The summed E-state index contributed by atoms with van der Waals surface area (Å²) in [6, 6.07) is 84.3. The first kappa shape index (κ1) is 85.9. The Morgan fingerprint density at radius 1 is 0.312 bits per heavy atom. The van der Waals surface area contributed by atoms with Crippen molar-refractivity contribution in [3.05, 3.63) is 345 Å². The van der Waals surface area contributed by atoms with Crippen LogP contribution in [0.25, 0.3) is 0 Å². The number of ether oxygens (including phenoxy) is 3. The summed E-state index contributed by atoms with van der Waals surface area (Å²) < 4.78 is 14.3. The van der Waals surface area contributed by atoms with E-state index in [-0.39, 0.29) is 134 Å². The van der Waals surface area contributed by atoms with Crippen LogP contribution in [0.5, 0.6) is 11.5 Å². The normalized spacial score (nSPS) is 18.5. The van der Waals surface area contributed by atoms with Gasteiger partial charge in [0.15, 0.2) is 0 Å². The molecule has 15 heteroatoms. The fourth-order valence-corrected chi connectivity index (χ4v) is 17.5. The Kier molecular flexibility index (Phi) is 32.7. The maximum absolute atomic E-state index is 15.2.